The monoisotopic (exact) mass is 275 g/mol. The van der Waals surface area contributed by atoms with Gasteiger partial charge in [-0.25, -0.2) is 9.97 Å². The van der Waals surface area contributed by atoms with Gasteiger partial charge in [-0.1, -0.05) is 0 Å². The Morgan fingerprint density at radius 2 is 2.00 bits per heavy atom. The second-order valence-corrected chi connectivity index (χ2v) is 5.05. The van der Waals surface area contributed by atoms with Crippen LogP contribution in [0.1, 0.15) is 30.4 Å². The third-order valence-electron chi connectivity index (χ3n) is 3.52. The van der Waals surface area contributed by atoms with Crippen LogP contribution in [0.4, 0.5) is 5.82 Å². The van der Waals surface area contributed by atoms with E-state index in [0.29, 0.717) is 12.4 Å². The normalized spacial score (nSPS) is 11.0. The summed E-state index contributed by atoms with van der Waals surface area (Å²) in [4.78, 5) is 19.7. The van der Waals surface area contributed by atoms with Crippen LogP contribution < -0.4 is 11.1 Å². The Hall–Kier alpha value is -2.11. The lowest BCUT2D eigenvalue weighted by Gasteiger charge is -2.10. The van der Waals surface area contributed by atoms with Crippen LogP contribution >= 0.6 is 0 Å². The Bertz CT molecular complexity index is 659. The van der Waals surface area contributed by atoms with Crippen molar-refractivity contribution in [2.75, 3.05) is 12.3 Å². The molecule has 0 saturated carbocycles. The minimum Gasteiger partial charge on any atom is -0.382 e. The van der Waals surface area contributed by atoms with Crippen LogP contribution in [0.25, 0.3) is 11.0 Å². The Morgan fingerprint density at radius 3 is 2.65 bits per heavy atom. The molecule has 0 aliphatic heterocycles. The Labute approximate surface area is 118 Å². The fraction of sp³-hybridized carbons (Fsp3) is 0.500. The largest absolute Gasteiger partial charge is 0.382 e. The molecule has 0 radical (unpaired) electrons. The van der Waals surface area contributed by atoms with E-state index in [1.54, 1.807) is 0 Å². The number of nitrogens with two attached hydrogens (primary N) is 1. The number of imidazole rings is 1. The topological polar surface area (TPSA) is 85.8 Å². The van der Waals surface area contributed by atoms with Crippen molar-refractivity contribution >= 4 is 22.8 Å². The number of nitrogens with one attached hydrogen (secondary N) is 1. The summed E-state index contributed by atoms with van der Waals surface area (Å²) in [5, 5.41) is 2.80. The highest BCUT2D eigenvalue weighted by atomic mass is 16.1. The van der Waals surface area contributed by atoms with Gasteiger partial charge in [0.1, 0.15) is 11.3 Å². The molecule has 0 unspecified atom stereocenters. The van der Waals surface area contributed by atoms with Gasteiger partial charge in [0.25, 0.3) is 0 Å². The van der Waals surface area contributed by atoms with E-state index < -0.39 is 0 Å². The third-order valence-corrected chi connectivity index (χ3v) is 3.52. The third kappa shape index (κ3) is 2.59. The van der Waals surface area contributed by atoms with E-state index in [1.165, 1.54) is 6.92 Å². The molecule has 2 rings (SSSR count). The van der Waals surface area contributed by atoms with Crippen molar-refractivity contribution < 1.29 is 4.79 Å². The van der Waals surface area contributed by atoms with Crippen LogP contribution in [0.5, 0.6) is 0 Å². The van der Waals surface area contributed by atoms with Crippen molar-refractivity contribution in [3.05, 3.63) is 17.1 Å². The predicted octanol–water partition coefficient (Wildman–Crippen LogP) is 1.46. The van der Waals surface area contributed by atoms with E-state index in [2.05, 4.69) is 19.9 Å². The number of hydrogen-bond donors (Lipinski definition) is 2. The average molecular weight is 275 g/mol. The Kier molecular flexibility index (Phi) is 3.92. The molecule has 0 spiro atoms. The molecule has 2 heterocycles. The van der Waals surface area contributed by atoms with E-state index in [4.69, 9.17) is 5.73 Å². The van der Waals surface area contributed by atoms with E-state index in [-0.39, 0.29) is 5.91 Å². The number of pyridine rings is 1. The number of anilines is 1. The number of aryl methyl sites for hydroxylation is 4. The first-order valence-electron chi connectivity index (χ1n) is 6.75. The van der Waals surface area contributed by atoms with Gasteiger partial charge in [0.15, 0.2) is 5.82 Å². The number of nitrogen functional groups attached to an aromatic ring is 1. The predicted molar refractivity (Wildman–Crippen MR) is 79.5 cm³/mol. The number of amides is 1. The maximum Gasteiger partial charge on any atom is 0.216 e. The van der Waals surface area contributed by atoms with Gasteiger partial charge in [-0.3, -0.25) is 4.79 Å². The van der Waals surface area contributed by atoms with E-state index in [0.717, 1.165) is 41.1 Å². The molecular formula is C14H21N5O. The highest BCUT2D eigenvalue weighted by Crippen LogP contribution is 2.25. The zero-order valence-corrected chi connectivity index (χ0v) is 12.4. The van der Waals surface area contributed by atoms with Crippen molar-refractivity contribution in [3.8, 4) is 0 Å². The standard InChI is InChI=1S/C14H21N5O/c1-8-9(2)17-14(15)12-13(8)19(10(3)18-12)7-5-6-16-11(4)20/h5-7H2,1-4H3,(H2,15,17)(H,16,20). The van der Waals surface area contributed by atoms with Crippen LogP contribution in [0.15, 0.2) is 0 Å². The second-order valence-electron chi connectivity index (χ2n) is 5.05. The van der Waals surface area contributed by atoms with Crippen LogP contribution in [-0.2, 0) is 11.3 Å². The van der Waals surface area contributed by atoms with Crippen LogP contribution in [0.2, 0.25) is 0 Å². The van der Waals surface area contributed by atoms with Gasteiger partial charge < -0.3 is 15.6 Å². The zero-order chi connectivity index (χ0) is 14.9. The molecule has 0 atom stereocenters. The lowest BCUT2D eigenvalue weighted by Crippen LogP contribution is -2.22. The molecule has 2 aromatic heterocycles. The summed E-state index contributed by atoms with van der Waals surface area (Å²) in [6.45, 7) is 8.94. The van der Waals surface area contributed by atoms with Gasteiger partial charge in [0, 0.05) is 25.7 Å². The fourth-order valence-corrected chi connectivity index (χ4v) is 2.39. The molecule has 108 valence electrons. The van der Waals surface area contributed by atoms with Crippen molar-refractivity contribution in [2.45, 2.75) is 40.7 Å². The van der Waals surface area contributed by atoms with Gasteiger partial charge in [-0.2, -0.15) is 0 Å². The lowest BCUT2D eigenvalue weighted by atomic mass is 10.2. The molecule has 0 saturated heterocycles. The van der Waals surface area contributed by atoms with Crippen molar-refractivity contribution in [3.63, 3.8) is 0 Å². The van der Waals surface area contributed by atoms with Gasteiger partial charge in [-0.05, 0) is 32.8 Å². The van der Waals surface area contributed by atoms with Crippen LogP contribution in [0.3, 0.4) is 0 Å². The first-order valence-corrected chi connectivity index (χ1v) is 6.75. The average Bonchev–Trinajstić information content (AvgIpc) is 2.70. The summed E-state index contributed by atoms with van der Waals surface area (Å²) in [6.07, 6.45) is 0.854. The lowest BCUT2D eigenvalue weighted by molar-refractivity contribution is -0.118. The number of nitrogens with zero attached hydrogens (tertiary/aromatic N) is 3. The Balaban J connectivity index is 2.33. The summed E-state index contributed by atoms with van der Waals surface area (Å²) >= 11 is 0. The van der Waals surface area contributed by atoms with E-state index in [1.807, 2.05) is 20.8 Å². The quantitative estimate of drug-likeness (QED) is 0.827. The number of fused-ring (bicyclic) bond motifs is 1. The van der Waals surface area contributed by atoms with Gasteiger partial charge in [0.2, 0.25) is 5.91 Å². The molecule has 20 heavy (non-hydrogen) atoms. The number of carbonyl (C=O) groups excluding carboxylic acids is 1. The van der Waals surface area contributed by atoms with Crippen molar-refractivity contribution in [1.82, 2.24) is 19.9 Å². The molecule has 0 bridgehead atoms. The van der Waals surface area contributed by atoms with E-state index >= 15 is 0 Å². The molecule has 6 nitrogen and oxygen atoms in total. The Morgan fingerprint density at radius 1 is 1.30 bits per heavy atom. The molecule has 0 fully saturated rings. The zero-order valence-electron chi connectivity index (χ0n) is 12.4. The molecule has 0 aromatic carbocycles. The van der Waals surface area contributed by atoms with E-state index in [9.17, 15) is 4.79 Å². The maximum absolute atomic E-state index is 10.9. The summed E-state index contributed by atoms with van der Waals surface area (Å²) in [6, 6.07) is 0. The summed E-state index contributed by atoms with van der Waals surface area (Å²) in [5.41, 5.74) is 9.81. The smallest absolute Gasteiger partial charge is 0.216 e. The van der Waals surface area contributed by atoms with Crippen LogP contribution in [-0.4, -0.2) is 27.0 Å². The summed E-state index contributed by atoms with van der Waals surface area (Å²) < 4.78 is 2.15. The SMILES string of the molecule is CC(=O)NCCCn1c(C)nc2c(N)nc(C)c(C)c21. The number of hydrogen-bond acceptors (Lipinski definition) is 4. The molecule has 1 amide bonds. The fourth-order valence-electron chi connectivity index (χ4n) is 2.39. The highest BCUT2D eigenvalue weighted by Gasteiger charge is 2.15. The maximum atomic E-state index is 10.9. The second kappa shape index (κ2) is 5.48. The summed E-state index contributed by atoms with van der Waals surface area (Å²) in [7, 11) is 0. The number of rotatable bonds is 4. The van der Waals surface area contributed by atoms with Gasteiger partial charge in [-0.15, -0.1) is 0 Å². The van der Waals surface area contributed by atoms with Gasteiger partial charge >= 0.3 is 0 Å². The minimum atomic E-state index is -0.00215. The first-order chi connectivity index (χ1) is 9.41. The molecule has 0 aliphatic rings. The molecule has 0 aliphatic carbocycles. The first kappa shape index (κ1) is 14.3. The van der Waals surface area contributed by atoms with Crippen LogP contribution in [0, 0.1) is 20.8 Å². The number of aromatic nitrogens is 3. The minimum absolute atomic E-state index is 0.00215. The molecular weight excluding hydrogens is 254 g/mol. The summed E-state index contributed by atoms with van der Waals surface area (Å²) in [5.74, 6) is 1.40. The molecule has 6 heteroatoms. The molecule has 2 aromatic rings. The van der Waals surface area contributed by atoms with Gasteiger partial charge in [0.05, 0.1) is 5.52 Å². The van der Waals surface area contributed by atoms with Crippen molar-refractivity contribution in [1.29, 1.82) is 0 Å². The molecule has 3 N–H and O–H groups in total. The van der Waals surface area contributed by atoms with Crippen molar-refractivity contribution in [2.24, 2.45) is 0 Å². The number of carbonyl (C=O) groups is 1. The highest BCUT2D eigenvalue weighted by molar-refractivity contribution is 5.88.